The van der Waals surface area contributed by atoms with Crippen LogP contribution in [0.5, 0.6) is 0 Å². The van der Waals surface area contributed by atoms with Crippen molar-refractivity contribution in [2.45, 2.75) is 138 Å². The zero-order valence-corrected chi connectivity index (χ0v) is 26.5. The van der Waals surface area contributed by atoms with Crippen molar-refractivity contribution in [3.8, 4) is 0 Å². The van der Waals surface area contributed by atoms with Crippen LogP contribution in [-0.4, -0.2) is 46.5 Å². The number of nitrogens with one attached hydrogen (secondary N) is 2. The molecule has 0 aliphatic rings. The summed E-state index contributed by atoms with van der Waals surface area (Å²) >= 11 is 0. The molecule has 0 heterocycles. The van der Waals surface area contributed by atoms with E-state index in [2.05, 4.69) is 17.6 Å². The molecule has 0 aliphatic heterocycles. The Bertz CT molecular complexity index is 946. The van der Waals surface area contributed by atoms with E-state index in [1.807, 2.05) is 66.7 Å². The van der Waals surface area contributed by atoms with Crippen molar-refractivity contribution in [3.05, 3.63) is 34.9 Å². The molecule has 7 heteroatoms. The summed E-state index contributed by atoms with van der Waals surface area (Å²) in [6.45, 7) is 21.8. The van der Waals surface area contributed by atoms with Gasteiger partial charge in [0.2, 0.25) is 11.8 Å². The molecule has 0 saturated heterocycles. The molecule has 1 aromatic carbocycles. The molecule has 0 aliphatic carbocycles. The number of alkyl carbamates (subject to hydrolysis) is 1. The average Bonchev–Trinajstić information content (AvgIpc) is 2.80. The number of carbonyl (C=O) groups is 3. The second-order valence-electron chi connectivity index (χ2n) is 12.9. The summed E-state index contributed by atoms with van der Waals surface area (Å²) in [7, 11) is 0. The van der Waals surface area contributed by atoms with E-state index in [0.29, 0.717) is 13.0 Å². The number of ether oxygens (including phenoxy) is 1. The molecule has 0 aromatic heterocycles. The van der Waals surface area contributed by atoms with Crippen LogP contribution in [0.3, 0.4) is 0 Å². The first-order valence-corrected chi connectivity index (χ1v) is 14.7. The van der Waals surface area contributed by atoms with Crippen LogP contribution < -0.4 is 10.6 Å². The van der Waals surface area contributed by atoms with Crippen molar-refractivity contribution in [2.75, 3.05) is 6.54 Å². The van der Waals surface area contributed by atoms with Crippen molar-refractivity contribution in [3.63, 3.8) is 0 Å². The minimum absolute atomic E-state index is 0.154. The molecule has 0 saturated carbocycles. The molecule has 7 nitrogen and oxygen atoms in total. The Labute approximate surface area is 237 Å². The molecule has 3 atom stereocenters. The smallest absolute Gasteiger partial charge is 0.408 e. The lowest BCUT2D eigenvalue weighted by Gasteiger charge is -2.37. The minimum Gasteiger partial charge on any atom is -0.444 e. The lowest BCUT2D eigenvalue weighted by molar-refractivity contribution is -0.144. The van der Waals surface area contributed by atoms with Crippen molar-refractivity contribution in [2.24, 2.45) is 5.92 Å². The van der Waals surface area contributed by atoms with Crippen LogP contribution in [0.25, 0.3) is 0 Å². The van der Waals surface area contributed by atoms with E-state index in [9.17, 15) is 14.4 Å². The minimum atomic E-state index is -0.825. The number of hydrogen-bond acceptors (Lipinski definition) is 4. The fraction of sp³-hybridized carbons (Fsp3) is 0.719. The maximum absolute atomic E-state index is 14.4. The second kappa shape index (κ2) is 15.3. The number of rotatable bonds is 13. The SMILES string of the molecule is CCCCCCCN(C(=O)C(NC(=O)OC(C)(C)C)C(C)CC)C(C(=O)NC(C)(C)C)c1ccc(C)c(C)c1. The zero-order valence-electron chi connectivity index (χ0n) is 26.5. The van der Waals surface area contributed by atoms with Gasteiger partial charge in [-0.3, -0.25) is 9.59 Å². The van der Waals surface area contributed by atoms with Gasteiger partial charge in [-0.15, -0.1) is 0 Å². The molecule has 3 unspecified atom stereocenters. The molecule has 1 aromatic rings. The monoisotopic (exact) mass is 545 g/mol. The summed E-state index contributed by atoms with van der Waals surface area (Å²) in [4.78, 5) is 42.8. The van der Waals surface area contributed by atoms with Gasteiger partial charge in [0.1, 0.15) is 17.7 Å². The summed E-state index contributed by atoms with van der Waals surface area (Å²) in [6.07, 6.45) is 5.12. The highest BCUT2D eigenvalue weighted by molar-refractivity contribution is 5.92. The van der Waals surface area contributed by atoms with Crippen LogP contribution in [0.1, 0.15) is 124 Å². The lowest BCUT2D eigenvalue weighted by atomic mass is 9.94. The number of aryl methyl sites for hydroxylation is 2. The quantitative estimate of drug-likeness (QED) is 0.261. The highest BCUT2D eigenvalue weighted by Crippen LogP contribution is 2.28. The Kier molecular flexibility index (Phi) is 13.5. The summed E-state index contributed by atoms with van der Waals surface area (Å²) in [5.74, 6) is -0.649. The number of unbranched alkanes of at least 4 members (excludes halogenated alkanes) is 4. The molecule has 3 amide bonds. The summed E-state index contributed by atoms with van der Waals surface area (Å²) in [5, 5.41) is 5.95. The van der Waals surface area contributed by atoms with E-state index >= 15 is 0 Å². The number of carbonyl (C=O) groups excluding carboxylic acids is 3. The summed E-state index contributed by atoms with van der Waals surface area (Å²) < 4.78 is 5.51. The number of hydrogen-bond donors (Lipinski definition) is 2. The van der Waals surface area contributed by atoms with Gasteiger partial charge in [0, 0.05) is 12.1 Å². The van der Waals surface area contributed by atoms with Gasteiger partial charge in [0.25, 0.3) is 0 Å². The van der Waals surface area contributed by atoms with E-state index in [1.54, 1.807) is 25.7 Å². The molecule has 1 rings (SSSR count). The van der Waals surface area contributed by atoms with Gasteiger partial charge in [-0.05, 0) is 84.4 Å². The zero-order chi connectivity index (χ0) is 30.0. The Hall–Kier alpha value is -2.57. The first kappa shape index (κ1) is 34.5. The maximum Gasteiger partial charge on any atom is 0.408 e. The molecular formula is C32H55N3O4. The second-order valence-corrected chi connectivity index (χ2v) is 12.9. The fourth-order valence-corrected chi connectivity index (χ4v) is 4.39. The normalized spacial score (nSPS) is 14.2. The maximum atomic E-state index is 14.4. The molecule has 2 N–H and O–H groups in total. The summed E-state index contributed by atoms with van der Waals surface area (Å²) in [6, 6.07) is 4.29. The number of benzene rings is 1. The third-order valence-electron chi connectivity index (χ3n) is 6.84. The van der Waals surface area contributed by atoms with Crippen LogP contribution in [0.4, 0.5) is 4.79 Å². The van der Waals surface area contributed by atoms with Gasteiger partial charge in [-0.1, -0.05) is 71.1 Å². The highest BCUT2D eigenvalue weighted by Gasteiger charge is 2.38. The van der Waals surface area contributed by atoms with Crippen molar-refractivity contribution >= 4 is 17.9 Å². The van der Waals surface area contributed by atoms with E-state index in [1.165, 1.54) is 0 Å². The van der Waals surface area contributed by atoms with E-state index in [4.69, 9.17) is 4.74 Å². The van der Waals surface area contributed by atoms with Gasteiger partial charge in [0.15, 0.2) is 0 Å². The van der Waals surface area contributed by atoms with Crippen LogP contribution >= 0.6 is 0 Å². The third-order valence-corrected chi connectivity index (χ3v) is 6.84. The first-order chi connectivity index (χ1) is 18.0. The topological polar surface area (TPSA) is 87.7 Å². The van der Waals surface area contributed by atoms with Gasteiger partial charge >= 0.3 is 6.09 Å². The molecule has 39 heavy (non-hydrogen) atoms. The van der Waals surface area contributed by atoms with E-state index in [0.717, 1.165) is 48.8 Å². The highest BCUT2D eigenvalue weighted by atomic mass is 16.6. The Balaban J connectivity index is 3.59. The van der Waals surface area contributed by atoms with Gasteiger partial charge < -0.3 is 20.3 Å². The molecule has 0 bridgehead atoms. The van der Waals surface area contributed by atoms with Crippen molar-refractivity contribution in [1.82, 2.24) is 15.5 Å². The van der Waals surface area contributed by atoms with Crippen molar-refractivity contribution < 1.29 is 19.1 Å². The van der Waals surface area contributed by atoms with Crippen LogP contribution in [-0.2, 0) is 14.3 Å². The van der Waals surface area contributed by atoms with Gasteiger partial charge in [-0.2, -0.15) is 0 Å². The molecule has 0 radical (unpaired) electrons. The Morgan fingerprint density at radius 2 is 1.54 bits per heavy atom. The lowest BCUT2D eigenvalue weighted by Crippen LogP contribution is -2.56. The number of nitrogens with zero attached hydrogens (tertiary/aromatic N) is 1. The predicted octanol–water partition coefficient (Wildman–Crippen LogP) is 7.00. The van der Waals surface area contributed by atoms with Crippen LogP contribution in [0.2, 0.25) is 0 Å². The molecule has 222 valence electrons. The van der Waals surface area contributed by atoms with Gasteiger partial charge in [-0.25, -0.2) is 4.79 Å². The Morgan fingerprint density at radius 3 is 2.05 bits per heavy atom. The fourth-order valence-electron chi connectivity index (χ4n) is 4.39. The van der Waals surface area contributed by atoms with Crippen LogP contribution in [0.15, 0.2) is 18.2 Å². The molecule has 0 fully saturated rings. The van der Waals surface area contributed by atoms with Crippen LogP contribution in [0, 0.1) is 19.8 Å². The van der Waals surface area contributed by atoms with E-state index in [-0.39, 0.29) is 17.7 Å². The first-order valence-electron chi connectivity index (χ1n) is 14.7. The average molecular weight is 546 g/mol. The Morgan fingerprint density at radius 1 is 0.923 bits per heavy atom. The molecule has 0 spiro atoms. The predicted molar refractivity (Wildman–Crippen MR) is 160 cm³/mol. The standard InChI is InChI=1S/C32H55N3O4/c1-12-14-15-16-17-20-35(29(37)26(22(3)13-2)33-30(38)39-32(9,10)11)27(28(36)34-31(6,7)8)25-19-18-23(4)24(5)21-25/h18-19,21-22,26-27H,12-17,20H2,1-11H3,(H,33,38)(H,34,36). The van der Waals surface area contributed by atoms with Crippen molar-refractivity contribution in [1.29, 1.82) is 0 Å². The number of amides is 3. The van der Waals surface area contributed by atoms with E-state index < -0.39 is 29.3 Å². The largest absolute Gasteiger partial charge is 0.444 e. The third kappa shape index (κ3) is 12.0. The van der Waals surface area contributed by atoms with Gasteiger partial charge in [0.05, 0.1) is 0 Å². The molecular weight excluding hydrogens is 490 g/mol. The summed E-state index contributed by atoms with van der Waals surface area (Å²) in [5.41, 5.74) is 1.77.